The van der Waals surface area contributed by atoms with Gasteiger partial charge in [0.1, 0.15) is 10.7 Å². The van der Waals surface area contributed by atoms with Crippen molar-refractivity contribution >= 4 is 22.9 Å². The van der Waals surface area contributed by atoms with Crippen LogP contribution in [0.1, 0.15) is 11.8 Å². The van der Waals surface area contributed by atoms with Crippen molar-refractivity contribution < 1.29 is 0 Å². The highest BCUT2D eigenvalue weighted by molar-refractivity contribution is 7.15. The van der Waals surface area contributed by atoms with E-state index in [1.54, 1.807) is 17.5 Å². The molecule has 84 valence electrons. The molecular weight excluding hydrogens is 242 g/mol. The van der Waals surface area contributed by atoms with Crippen LogP contribution in [0.2, 0.25) is 5.02 Å². The van der Waals surface area contributed by atoms with Gasteiger partial charge in [-0.3, -0.25) is 4.98 Å². The molecule has 1 N–H and O–H groups in total. The molecule has 0 aliphatic rings. The number of pyridine rings is 1. The molecule has 0 radical (unpaired) electrons. The number of nitrogens with zero attached hydrogens (tertiary/aromatic N) is 2. The minimum Gasteiger partial charge on any atom is -0.312 e. The molecule has 0 spiro atoms. The van der Waals surface area contributed by atoms with E-state index < -0.39 is 0 Å². The molecule has 2 heterocycles. The summed E-state index contributed by atoms with van der Waals surface area (Å²) < 4.78 is 0. The second kappa shape index (κ2) is 5.39. The van der Waals surface area contributed by atoms with Crippen LogP contribution in [0.3, 0.4) is 0 Å². The smallest absolute Gasteiger partial charge is 0.143 e. The number of hydrogen-bond acceptors (Lipinski definition) is 4. The van der Waals surface area contributed by atoms with Gasteiger partial charge in [-0.2, -0.15) is 0 Å². The van der Waals surface area contributed by atoms with Crippen molar-refractivity contribution in [3.05, 3.63) is 34.4 Å². The minimum atomic E-state index is 0.645. The van der Waals surface area contributed by atoms with Crippen molar-refractivity contribution in [2.24, 2.45) is 0 Å². The highest BCUT2D eigenvalue weighted by Crippen LogP contribution is 2.28. The van der Waals surface area contributed by atoms with Crippen LogP contribution in [-0.4, -0.2) is 16.5 Å². The summed E-state index contributed by atoms with van der Waals surface area (Å²) in [5.74, 6) is 0. The molecule has 2 aromatic rings. The predicted molar refractivity (Wildman–Crippen MR) is 67.7 cm³/mol. The Labute approximate surface area is 104 Å². The first kappa shape index (κ1) is 11.5. The van der Waals surface area contributed by atoms with Crippen LogP contribution >= 0.6 is 22.9 Å². The molecule has 0 fully saturated rings. The zero-order chi connectivity index (χ0) is 11.4. The van der Waals surface area contributed by atoms with E-state index in [2.05, 4.69) is 22.2 Å². The molecule has 0 unspecified atom stereocenters. The van der Waals surface area contributed by atoms with Crippen LogP contribution in [0.25, 0.3) is 10.7 Å². The topological polar surface area (TPSA) is 37.8 Å². The quantitative estimate of drug-likeness (QED) is 0.910. The van der Waals surface area contributed by atoms with E-state index in [4.69, 9.17) is 11.6 Å². The zero-order valence-electron chi connectivity index (χ0n) is 8.90. The van der Waals surface area contributed by atoms with Crippen molar-refractivity contribution in [3.63, 3.8) is 0 Å². The summed E-state index contributed by atoms with van der Waals surface area (Å²) in [6, 6.07) is 3.65. The summed E-state index contributed by atoms with van der Waals surface area (Å²) in [4.78, 5) is 9.76. The SMILES string of the molecule is CCNCc1cnc(-c2ncccc2Cl)s1. The van der Waals surface area contributed by atoms with Gasteiger partial charge in [-0.1, -0.05) is 18.5 Å². The van der Waals surface area contributed by atoms with Gasteiger partial charge in [0.15, 0.2) is 0 Å². The third-order valence-corrected chi connectivity index (χ3v) is 3.37. The van der Waals surface area contributed by atoms with E-state index in [1.165, 1.54) is 4.88 Å². The van der Waals surface area contributed by atoms with Crippen molar-refractivity contribution in [1.82, 2.24) is 15.3 Å². The molecule has 0 aliphatic heterocycles. The maximum Gasteiger partial charge on any atom is 0.143 e. The number of nitrogens with one attached hydrogen (secondary N) is 1. The molecule has 3 nitrogen and oxygen atoms in total. The molecule has 0 saturated carbocycles. The van der Waals surface area contributed by atoms with Crippen molar-refractivity contribution in [2.75, 3.05) is 6.54 Å². The van der Waals surface area contributed by atoms with Gasteiger partial charge in [0.2, 0.25) is 0 Å². The summed E-state index contributed by atoms with van der Waals surface area (Å²) in [5.41, 5.74) is 0.761. The largest absolute Gasteiger partial charge is 0.312 e. The second-order valence-electron chi connectivity index (χ2n) is 3.25. The standard InChI is InChI=1S/C11H12ClN3S/c1-2-13-6-8-7-15-11(16-8)10-9(12)4-3-5-14-10/h3-5,7,13H,2,6H2,1H3. The minimum absolute atomic E-state index is 0.645. The molecule has 2 rings (SSSR count). The Morgan fingerprint density at radius 3 is 3.06 bits per heavy atom. The zero-order valence-corrected chi connectivity index (χ0v) is 10.5. The van der Waals surface area contributed by atoms with Gasteiger partial charge in [0.05, 0.1) is 5.02 Å². The molecule has 5 heteroatoms. The molecule has 0 saturated heterocycles. The monoisotopic (exact) mass is 253 g/mol. The average Bonchev–Trinajstić information content (AvgIpc) is 2.75. The fourth-order valence-corrected chi connectivity index (χ4v) is 2.45. The molecule has 0 amide bonds. The highest BCUT2D eigenvalue weighted by Gasteiger charge is 2.08. The number of aromatic nitrogens is 2. The lowest BCUT2D eigenvalue weighted by atomic mass is 10.4. The van der Waals surface area contributed by atoms with E-state index in [0.29, 0.717) is 5.02 Å². The number of halogens is 1. The summed E-state index contributed by atoms with van der Waals surface area (Å²) in [6.45, 7) is 3.88. The summed E-state index contributed by atoms with van der Waals surface area (Å²) >= 11 is 7.68. The first-order valence-corrected chi connectivity index (χ1v) is 6.27. The molecule has 0 bridgehead atoms. The Balaban J connectivity index is 2.22. The van der Waals surface area contributed by atoms with Crippen LogP contribution in [0.4, 0.5) is 0 Å². The fourth-order valence-electron chi connectivity index (χ4n) is 1.29. The molecule has 16 heavy (non-hydrogen) atoms. The lowest BCUT2D eigenvalue weighted by Gasteiger charge is -1.97. The molecule has 0 aromatic carbocycles. The lowest BCUT2D eigenvalue weighted by molar-refractivity contribution is 0.734. The lowest BCUT2D eigenvalue weighted by Crippen LogP contribution is -2.10. The molecule has 0 atom stereocenters. The third-order valence-electron chi connectivity index (χ3n) is 2.06. The average molecular weight is 254 g/mol. The first-order valence-electron chi connectivity index (χ1n) is 5.07. The van der Waals surface area contributed by atoms with E-state index in [9.17, 15) is 0 Å². The Hall–Kier alpha value is -0.970. The number of thiazole rings is 1. The second-order valence-corrected chi connectivity index (χ2v) is 4.77. The maximum atomic E-state index is 6.06. The van der Waals surface area contributed by atoms with Crippen LogP contribution in [0, 0.1) is 0 Å². The number of hydrogen-bond donors (Lipinski definition) is 1. The fraction of sp³-hybridized carbons (Fsp3) is 0.273. The van der Waals surface area contributed by atoms with Crippen LogP contribution in [0.15, 0.2) is 24.5 Å². The summed E-state index contributed by atoms with van der Waals surface area (Å²) in [6.07, 6.45) is 3.60. The molecule has 2 aromatic heterocycles. The van der Waals surface area contributed by atoms with Gasteiger partial charge < -0.3 is 5.32 Å². The summed E-state index contributed by atoms with van der Waals surface area (Å²) in [5, 5.41) is 4.78. The van der Waals surface area contributed by atoms with Crippen molar-refractivity contribution in [1.29, 1.82) is 0 Å². The molecule has 0 aliphatic carbocycles. The van der Waals surface area contributed by atoms with Gasteiger partial charge in [-0.15, -0.1) is 11.3 Å². The normalized spacial score (nSPS) is 10.6. The van der Waals surface area contributed by atoms with Gasteiger partial charge in [-0.05, 0) is 18.7 Å². The number of rotatable bonds is 4. The van der Waals surface area contributed by atoms with Gasteiger partial charge in [0.25, 0.3) is 0 Å². The van der Waals surface area contributed by atoms with Gasteiger partial charge in [0, 0.05) is 23.8 Å². The van der Waals surface area contributed by atoms with E-state index in [1.807, 2.05) is 18.3 Å². The first-order chi connectivity index (χ1) is 7.81. The Bertz CT molecular complexity index is 470. The molecular formula is C11H12ClN3S. The Morgan fingerprint density at radius 1 is 1.44 bits per heavy atom. The Kier molecular flexibility index (Phi) is 3.88. The third kappa shape index (κ3) is 2.58. The van der Waals surface area contributed by atoms with Gasteiger partial charge >= 0.3 is 0 Å². The Morgan fingerprint density at radius 2 is 2.31 bits per heavy atom. The maximum absolute atomic E-state index is 6.06. The van der Waals surface area contributed by atoms with Crippen molar-refractivity contribution in [3.8, 4) is 10.7 Å². The predicted octanol–water partition coefficient (Wildman–Crippen LogP) is 2.97. The van der Waals surface area contributed by atoms with Gasteiger partial charge in [-0.25, -0.2) is 4.98 Å². The van der Waals surface area contributed by atoms with E-state index in [-0.39, 0.29) is 0 Å². The van der Waals surface area contributed by atoms with Crippen LogP contribution < -0.4 is 5.32 Å². The van der Waals surface area contributed by atoms with Crippen LogP contribution in [-0.2, 0) is 6.54 Å². The van der Waals surface area contributed by atoms with Crippen molar-refractivity contribution in [2.45, 2.75) is 13.5 Å². The van der Waals surface area contributed by atoms with Crippen LogP contribution in [0.5, 0.6) is 0 Å². The highest BCUT2D eigenvalue weighted by atomic mass is 35.5. The van der Waals surface area contributed by atoms with E-state index in [0.717, 1.165) is 23.8 Å². The summed E-state index contributed by atoms with van der Waals surface area (Å²) in [7, 11) is 0. The van der Waals surface area contributed by atoms with E-state index >= 15 is 0 Å².